The molecule has 1 aromatic rings. The SMILES string of the molecule is C=C(C)CC(C=O)(CC)[Se]c1ccccc1. The Bertz CT molecular complexity index is 358. The first-order valence-corrected chi connectivity index (χ1v) is 7.18. The molecule has 0 heterocycles. The zero-order chi connectivity index (χ0) is 12.0. The van der Waals surface area contributed by atoms with Crippen molar-refractivity contribution in [1.82, 2.24) is 0 Å². The van der Waals surface area contributed by atoms with E-state index in [4.69, 9.17) is 0 Å². The van der Waals surface area contributed by atoms with Gasteiger partial charge < -0.3 is 0 Å². The quantitative estimate of drug-likeness (QED) is 0.445. The molecule has 0 amide bonds. The summed E-state index contributed by atoms with van der Waals surface area (Å²) in [6.07, 6.45) is 2.83. The Morgan fingerprint density at radius 1 is 1.44 bits per heavy atom. The van der Waals surface area contributed by atoms with Crippen LogP contribution in [0.5, 0.6) is 0 Å². The van der Waals surface area contributed by atoms with E-state index < -0.39 is 0 Å². The van der Waals surface area contributed by atoms with Crippen LogP contribution in [0, 0.1) is 0 Å². The van der Waals surface area contributed by atoms with Crippen LogP contribution in [0.3, 0.4) is 0 Å². The summed E-state index contributed by atoms with van der Waals surface area (Å²) in [5.74, 6) is 0. The number of hydrogen-bond donors (Lipinski definition) is 0. The molecular weight excluding hydrogens is 263 g/mol. The molecule has 0 aliphatic carbocycles. The minimum absolute atomic E-state index is 0.184. The van der Waals surface area contributed by atoms with E-state index in [1.54, 1.807) is 0 Å². The summed E-state index contributed by atoms with van der Waals surface area (Å²) >= 11 is 0.184. The molecule has 0 saturated heterocycles. The van der Waals surface area contributed by atoms with Crippen molar-refractivity contribution in [2.45, 2.75) is 31.0 Å². The van der Waals surface area contributed by atoms with Crippen LogP contribution in [0.25, 0.3) is 0 Å². The Kier molecular flexibility index (Phi) is 4.98. The molecule has 16 heavy (non-hydrogen) atoms. The van der Waals surface area contributed by atoms with E-state index in [9.17, 15) is 4.79 Å². The molecule has 0 saturated carbocycles. The van der Waals surface area contributed by atoms with Crippen LogP contribution < -0.4 is 4.46 Å². The van der Waals surface area contributed by atoms with Crippen molar-refractivity contribution in [3.05, 3.63) is 42.5 Å². The molecule has 0 aromatic heterocycles. The average molecular weight is 281 g/mol. The Morgan fingerprint density at radius 3 is 2.50 bits per heavy atom. The number of hydrogen-bond acceptors (Lipinski definition) is 1. The molecule has 0 N–H and O–H groups in total. The van der Waals surface area contributed by atoms with Crippen LogP contribution in [0.2, 0.25) is 4.31 Å². The van der Waals surface area contributed by atoms with Crippen LogP contribution in [-0.2, 0) is 4.79 Å². The van der Waals surface area contributed by atoms with Gasteiger partial charge in [0.15, 0.2) is 0 Å². The summed E-state index contributed by atoms with van der Waals surface area (Å²) in [4.78, 5) is 11.4. The molecule has 1 atom stereocenters. The van der Waals surface area contributed by atoms with E-state index in [1.165, 1.54) is 4.46 Å². The number of rotatable bonds is 6. The summed E-state index contributed by atoms with van der Waals surface area (Å²) < 4.78 is 1.07. The first-order chi connectivity index (χ1) is 7.62. The maximum atomic E-state index is 11.4. The van der Waals surface area contributed by atoms with E-state index in [1.807, 2.05) is 25.1 Å². The number of carbonyl (C=O) groups is 1. The van der Waals surface area contributed by atoms with Gasteiger partial charge in [-0.05, 0) is 0 Å². The average Bonchev–Trinajstić information content (AvgIpc) is 2.29. The Labute approximate surface area is 104 Å². The van der Waals surface area contributed by atoms with Gasteiger partial charge in [-0.3, -0.25) is 0 Å². The van der Waals surface area contributed by atoms with Gasteiger partial charge in [0, 0.05) is 0 Å². The number of aldehydes is 1. The van der Waals surface area contributed by atoms with E-state index in [-0.39, 0.29) is 19.3 Å². The van der Waals surface area contributed by atoms with Crippen LogP contribution in [-0.4, -0.2) is 21.2 Å². The van der Waals surface area contributed by atoms with Crippen molar-refractivity contribution in [3.8, 4) is 0 Å². The van der Waals surface area contributed by atoms with Gasteiger partial charge in [-0.15, -0.1) is 0 Å². The van der Waals surface area contributed by atoms with E-state index in [0.29, 0.717) is 0 Å². The first-order valence-electron chi connectivity index (χ1n) is 5.46. The summed E-state index contributed by atoms with van der Waals surface area (Å²) in [5, 5.41) is 0. The zero-order valence-corrected chi connectivity index (χ0v) is 11.6. The topological polar surface area (TPSA) is 17.1 Å². The fourth-order valence-electron chi connectivity index (χ4n) is 1.62. The van der Waals surface area contributed by atoms with Gasteiger partial charge in [-0.2, -0.15) is 0 Å². The molecule has 1 unspecified atom stereocenters. The van der Waals surface area contributed by atoms with Crippen molar-refractivity contribution in [3.63, 3.8) is 0 Å². The molecule has 0 radical (unpaired) electrons. The predicted molar refractivity (Wildman–Crippen MR) is 70.3 cm³/mol. The van der Waals surface area contributed by atoms with Gasteiger partial charge in [0.05, 0.1) is 0 Å². The van der Waals surface area contributed by atoms with Gasteiger partial charge in [-0.1, -0.05) is 0 Å². The predicted octanol–water partition coefficient (Wildman–Crippen LogP) is 2.75. The van der Waals surface area contributed by atoms with Crippen molar-refractivity contribution in [2.24, 2.45) is 0 Å². The Balaban J connectivity index is 2.86. The number of benzene rings is 1. The molecule has 86 valence electrons. The van der Waals surface area contributed by atoms with Crippen LogP contribution in [0.1, 0.15) is 26.7 Å². The molecule has 0 spiro atoms. The van der Waals surface area contributed by atoms with Crippen LogP contribution >= 0.6 is 0 Å². The maximum absolute atomic E-state index is 11.4. The van der Waals surface area contributed by atoms with Crippen molar-refractivity contribution in [2.75, 3.05) is 0 Å². The molecule has 0 fully saturated rings. The first kappa shape index (κ1) is 13.2. The fourth-order valence-corrected chi connectivity index (χ4v) is 4.29. The third kappa shape index (κ3) is 3.62. The molecule has 0 bridgehead atoms. The zero-order valence-electron chi connectivity index (χ0n) is 9.90. The van der Waals surface area contributed by atoms with Crippen LogP contribution in [0.4, 0.5) is 0 Å². The second kappa shape index (κ2) is 6.03. The molecule has 1 aromatic carbocycles. The molecular formula is C14H18OSe. The number of allylic oxidation sites excluding steroid dienone is 1. The van der Waals surface area contributed by atoms with Crippen molar-refractivity contribution >= 4 is 25.7 Å². The molecule has 0 aliphatic heterocycles. The number of carbonyl (C=O) groups excluding carboxylic acids is 1. The van der Waals surface area contributed by atoms with Crippen LogP contribution in [0.15, 0.2) is 42.5 Å². The van der Waals surface area contributed by atoms with Gasteiger partial charge in [0.2, 0.25) is 0 Å². The minimum atomic E-state index is -0.208. The fraction of sp³-hybridized carbons (Fsp3) is 0.357. The van der Waals surface area contributed by atoms with Gasteiger partial charge in [0.1, 0.15) is 0 Å². The summed E-state index contributed by atoms with van der Waals surface area (Å²) in [5.41, 5.74) is 1.09. The van der Waals surface area contributed by atoms with Crippen molar-refractivity contribution < 1.29 is 4.79 Å². The second-order valence-electron chi connectivity index (χ2n) is 4.09. The Morgan fingerprint density at radius 2 is 2.06 bits per heavy atom. The van der Waals surface area contributed by atoms with Gasteiger partial charge in [-0.25, -0.2) is 0 Å². The monoisotopic (exact) mass is 282 g/mol. The Hall–Kier alpha value is -0.851. The molecule has 1 rings (SSSR count). The standard InChI is InChI=1S/C14H18OSe/c1-4-14(11-15,10-12(2)3)16-13-8-6-5-7-9-13/h5-9,11H,2,4,10H2,1,3H3. The summed E-state index contributed by atoms with van der Waals surface area (Å²) in [6, 6.07) is 10.3. The normalized spacial score (nSPS) is 14.1. The van der Waals surface area contributed by atoms with Crippen molar-refractivity contribution in [1.29, 1.82) is 0 Å². The van der Waals surface area contributed by atoms with E-state index in [2.05, 4.69) is 25.6 Å². The summed E-state index contributed by atoms with van der Waals surface area (Å²) in [6.45, 7) is 8.01. The second-order valence-corrected chi connectivity index (χ2v) is 7.21. The molecule has 0 aliphatic rings. The molecule has 2 heteroatoms. The third-order valence-corrected chi connectivity index (χ3v) is 5.51. The third-order valence-electron chi connectivity index (χ3n) is 2.48. The van der Waals surface area contributed by atoms with Gasteiger partial charge in [0.25, 0.3) is 0 Å². The van der Waals surface area contributed by atoms with E-state index >= 15 is 0 Å². The van der Waals surface area contributed by atoms with Gasteiger partial charge >= 0.3 is 104 Å². The summed E-state index contributed by atoms with van der Waals surface area (Å²) in [7, 11) is 0. The van der Waals surface area contributed by atoms with E-state index in [0.717, 1.165) is 24.7 Å². The molecule has 1 nitrogen and oxygen atoms in total.